The summed E-state index contributed by atoms with van der Waals surface area (Å²) in [6.07, 6.45) is 1.89. The highest BCUT2D eigenvalue weighted by atomic mass is 35.5. The van der Waals surface area contributed by atoms with Gasteiger partial charge >= 0.3 is 5.43 Å². The summed E-state index contributed by atoms with van der Waals surface area (Å²) in [5.41, 5.74) is 1.13. The number of ether oxygens (including phenoxy) is 2. The van der Waals surface area contributed by atoms with E-state index in [1.807, 2.05) is 36.5 Å². The number of carbonyl (C=O) groups is 1. The molecule has 0 bridgehead atoms. The third kappa shape index (κ3) is 3.32. The van der Waals surface area contributed by atoms with Gasteiger partial charge in [-0.1, -0.05) is 36.4 Å². The zero-order chi connectivity index (χ0) is 17.9. The van der Waals surface area contributed by atoms with Crippen molar-refractivity contribution in [1.82, 2.24) is 4.98 Å². The normalized spacial score (nSPS) is 10.8. The summed E-state index contributed by atoms with van der Waals surface area (Å²) in [6, 6.07) is 20.9. The van der Waals surface area contributed by atoms with E-state index in [2.05, 4.69) is 17.1 Å². The monoisotopic (exact) mass is 363 g/mol. The maximum absolute atomic E-state index is 10.7. The Hall–Kier alpha value is -3.11. The molecule has 1 heterocycles. The van der Waals surface area contributed by atoms with Gasteiger partial charge in [-0.3, -0.25) is 4.98 Å². The molecule has 0 atom stereocenters. The van der Waals surface area contributed by atoms with Gasteiger partial charge in [-0.05, 0) is 41.3 Å². The number of nitrogens with zero attached hydrogens (tertiary/aromatic N) is 1. The van der Waals surface area contributed by atoms with Crippen LogP contribution in [0.2, 0.25) is 0 Å². The molecule has 0 aliphatic carbocycles. The highest BCUT2D eigenvalue weighted by molar-refractivity contribution is 6.61. The van der Waals surface area contributed by atoms with Crippen LogP contribution < -0.4 is 9.47 Å². The molecular weight excluding hydrogens is 350 g/mol. The number of fused-ring (bicyclic) bond motifs is 3. The van der Waals surface area contributed by atoms with Crippen LogP contribution in [0, 0.1) is 0 Å². The molecular formula is C21H14ClNO3. The third-order valence-electron chi connectivity index (χ3n) is 4.12. The molecule has 0 spiro atoms. The van der Waals surface area contributed by atoms with Crippen LogP contribution in [0.5, 0.6) is 11.5 Å². The quantitative estimate of drug-likeness (QED) is 0.344. The number of hydrogen-bond donors (Lipinski definition) is 0. The van der Waals surface area contributed by atoms with Crippen LogP contribution >= 0.6 is 11.6 Å². The van der Waals surface area contributed by atoms with E-state index in [1.54, 1.807) is 24.3 Å². The molecule has 0 amide bonds. The first-order chi connectivity index (χ1) is 12.7. The molecule has 0 saturated heterocycles. The van der Waals surface area contributed by atoms with Crippen molar-refractivity contribution in [2.75, 3.05) is 0 Å². The zero-order valence-corrected chi connectivity index (χ0v) is 14.4. The number of aromatic nitrogens is 1. The van der Waals surface area contributed by atoms with Gasteiger partial charge in [0.05, 0.1) is 5.52 Å². The molecule has 0 aliphatic rings. The van der Waals surface area contributed by atoms with Crippen molar-refractivity contribution < 1.29 is 14.3 Å². The van der Waals surface area contributed by atoms with Gasteiger partial charge in [-0.25, -0.2) is 4.79 Å². The van der Waals surface area contributed by atoms with Crippen LogP contribution in [-0.4, -0.2) is 10.4 Å². The van der Waals surface area contributed by atoms with Crippen molar-refractivity contribution in [3.8, 4) is 11.5 Å². The zero-order valence-electron chi connectivity index (χ0n) is 13.7. The molecule has 4 rings (SSSR count). The minimum atomic E-state index is -0.867. The minimum absolute atomic E-state index is 0.373. The Morgan fingerprint density at radius 2 is 1.69 bits per heavy atom. The minimum Gasteiger partial charge on any atom is -0.489 e. The fraction of sp³-hybridized carbons (Fsp3) is 0.0476. The summed E-state index contributed by atoms with van der Waals surface area (Å²) in [5.74, 6) is 1.04. The summed E-state index contributed by atoms with van der Waals surface area (Å²) in [5, 5.41) is 3.35. The van der Waals surface area contributed by atoms with Gasteiger partial charge in [0.1, 0.15) is 18.1 Å². The second-order valence-electron chi connectivity index (χ2n) is 5.76. The van der Waals surface area contributed by atoms with E-state index >= 15 is 0 Å². The first-order valence-corrected chi connectivity index (χ1v) is 8.44. The van der Waals surface area contributed by atoms with Gasteiger partial charge in [0.2, 0.25) is 0 Å². The fourth-order valence-corrected chi connectivity index (χ4v) is 3.05. The number of halogens is 1. The fourth-order valence-electron chi connectivity index (χ4n) is 2.96. The lowest BCUT2D eigenvalue weighted by molar-refractivity contribution is 0.225. The molecule has 1 aromatic heterocycles. The van der Waals surface area contributed by atoms with Crippen molar-refractivity contribution >= 4 is 38.7 Å². The molecule has 5 heteroatoms. The highest BCUT2D eigenvalue weighted by Gasteiger charge is 2.08. The Labute approximate surface area is 154 Å². The van der Waals surface area contributed by atoms with E-state index in [0.29, 0.717) is 18.1 Å². The molecule has 0 unspecified atom stereocenters. The van der Waals surface area contributed by atoms with Gasteiger partial charge < -0.3 is 9.47 Å². The summed E-state index contributed by atoms with van der Waals surface area (Å²) < 4.78 is 10.7. The lowest BCUT2D eigenvalue weighted by Crippen LogP contribution is -1.98. The smallest absolute Gasteiger partial charge is 0.409 e. The van der Waals surface area contributed by atoms with Crippen LogP contribution in [0.4, 0.5) is 4.79 Å². The molecule has 0 aliphatic heterocycles. The maximum Gasteiger partial charge on any atom is 0.409 e. The second kappa shape index (κ2) is 7.02. The standard InChI is InChI=1S/C21H14ClNO3/c22-21(24)26-17-10-8-16(9-11-17)25-13-15-5-3-7-19-20(15)18-6-2-1-4-14(18)12-23-19/h1-12H,13H2. The van der Waals surface area contributed by atoms with E-state index in [9.17, 15) is 4.79 Å². The maximum atomic E-state index is 10.7. The Morgan fingerprint density at radius 3 is 2.50 bits per heavy atom. The second-order valence-corrected chi connectivity index (χ2v) is 6.07. The first-order valence-electron chi connectivity index (χ1n) is 8.06. The Morgan fingerprint density at radius 1 is 0.923 bits per heavy atom. The Kier molecular flexibility index (Phi) is 4.42. The molecule has 4 aromatic rings. The predicted octanol–water partition coefficient (Wildman–Crippen LogP) is 5.70. The van der Waals surface area contributed by atoms with E-state index in [4.69, 9.17) is 21.1 Å². The van der Waals surface area contributed by atoms with E-state index in [1.165, 1.54) is 0 Å². The van der Waals surface area contributed by atoms with Crippen LogP contribution in [0.3, 0.4) is 0 Å². The summed E-state index contributed by atoms with van der Waals surface area (Å²) in [4.78, 5) is 15.3. The molecule has 0 fully saturated rings. The third-order valence-corrected chi connectivity index (χ3v) is 4.19. The lowest BCUT2D eigenvalue weighted by Gasteiger charge is -2.11. The van der Waals surface area contributed by atoms with Crippen molar-refractivity contribution in [3.05, 3.63) is 78.5 Å². The van der Waals surface area contributed by atoms with Gasteiger partial charge in [0.25, 0.3) is 0 Å². The average Bonchev–Trinajstić information content (AvgIpc) is 2.66. The number of pyridine rings is 1. The predicted molar refractivity (Wildman–Crippen MR) is 102 cm³/mol. The van der Waals surface area contributed by atoms with Gasteiger partial charge in [-0.2, -0.15) is 0 Å². The average molecular weight is 364 g/mol. The van der Waals surface area contributed by atoms with E-state index in [0.717, 1.165) is 27.2 Å². The topological polar surface area (TPSA) is 48.4 Å². The molecule has 0 saturated carbocycles. The number of carbonyl (C=O) groups excluding carboxylic acids is 1. The Bertz CT molecular complexity index is 1090. The number of hydrogen-bond acceptors (Lipinski definition) is 4. The van der Waals surface area contributed by atoms with E-state index < -0.39 is 5.43 Å². The van der Waals surface area contributed by atoms with Crippen LogP contribution in [0.15, 0.2) is 72.9 Å². The van der Waals surface area contributed by atoms with E-state index in [-0.39, 0.29) is 0 Å². The first kappa shape index (κ1) is 16.4. The molecule has 0 radical (unpaired) electrons. The largest absolute Gasteiger partial charge is 0.489 e. The number of rotatable bonds is 4. The van der Waals surface area contributed by atoms with Crippen molar-refractivity contribution in [2.45, 2.75) is 6.61 Å². The van der Waals surface area contributed by atoms with Crippen LogP contribution in [-0.2, 0) is 6.61 Å². The molecule has 26 heavy (non-hydrogen) atoms. The summed E-state index contributed by atoms with van der Waals surface area (Å²) in [7, 11) is 0. The molecule has 4 nitrogen and oxygen atoms in total. The van der Waals surface area contributed by atoms with Gasteiger partial charge in [-0.15, -0.1) is 0 Å². The number of benzene rings is 3. The lowest BCUT2D eigenvalue weighted by atomic mass is 10.0. The molecule has 3 aromatic carbocycles. The summed E-state index contributed by atoms with van der Waals surface area (Å²) >= 11 is 5.20. The molecule has 128 valence electrons. The van der Waals surface area contributed by atoms with Gasteiger partial charge in [0.15, 0.2) is 0 Å². The van der Waals surface area contributed by atoms with Crippen molar-refractivity contribution in [3.63, 3.8) is 0 Å². The van der Waals surface area contributed by atoms with Crippen LogP contribution in [0.25, 0.3) is 21.7 Å². The highest BCUT2D eigenvalue weighted by Crippen LogP contribution is 2.28. The van der Waals surface area contributed by atoms with Crippen LogP contribution in [0.1, 0.15) is 5.56 Å². The Balaban J connectivity index is 1.63. The SMILES string of the molecule is O=C(Cl)Oc1ccc(OCc2cccc3ncc4ccccc4c23)cc1. The summed E-state index contributed by atoms with van der Waals surface area (Å²) in [6.45, 7) is 0.404. The van der Waals surface area contributed by atoms with Crippen molar-refractivity contribution in [2.24, 2.45) is 0 Å². The van der Waals surface area contributed by atoms with Crippen molar-refractivity contribution in [1.29, 1.82) is 0 Å². The van der Waals surface area contributed by atoms with Gasteiger partial charge in [0, 0.05) is 28.6 Å². The molecule has 0 N–H and O–H groups in total.